The van der Waals surface area contributed by atoms with Crippen molar-refractivity contribution in [1.29, 1.82) is 0 Å². The van der Waals surface area contributed by atoms with Crippen LogP contribution < -0.4 is 10.2 Å². The number of nitrogens with one attached hydrogen (secondary N) is 1. The number of aryl methyl sites for hydroxylation is 1. The van der Waals surface area contributed by atoms with Gasteiger partial charge in [0.1, 0.15) is 6.33 Å². The molecule has 0 spiro atoms. The summed E-state index contributed by atoms with van der Waals surface area (Å²) in [5.74, 6) is 0.507. The van der Waals surface area contributed by atoms with Gasteiger partial charge < -0.3 is 15.3 Å². The van der Waals surface area contributed by atoms with Gasteiger partial charge in [0.05, 0.1) is 11.5 Å². The maximum absolute atomic E-state index is 11.7. The summed E-state index contributed by atoms with van der Waals surface area (Å²) in [5.41, 5.74) is 1.67. The lowest BCUT2D eigenvalue weighted by molar-refractivity contribution is -0.383. The fourth-order valence-electron chi connectivity index (χ4n) is 3.04. The highest BCUT2D eigenvalue weighted by Crippen LogP contribution is 2.34. The van der Waals surface area contributed by atoms with Crippen molar-refractivity contribution in [2.45, 2.75) is 6.92 Å². The highest BCUT2D eigenvalue weighted by molar-refractivity contribution is 5.74. The van der Waals surface area contributed by atoms with Crippen LogP contribution in [0.4, 0.5) is 23.0 Å². The Hall–Kier alpha value is -2.78. The average molecular weight is 358 g/mol. The lowest BCUT2D eigenvalue weighted by Gasteiger charge is -2.34. The van der Waals surface area contributed by atoms with Crippen LogP contribution in [0.3, 0.4) is 0 Å². The van der Waals surface area contributed by atoms with E-state index in [1.165, 1.54) is 6.33 Å². The van der Waals surface area contributed by atoms with E-state index in [9.17, 15) is 10.1 Å². The van der Waals surface area contributed by atoms with E-state index >= 15 is 0 Å². The summed E-state index contributed by atoms with van der Waals surface area (Å²) < 4.78 is 0. The summed E-state index contributed by atoms with van der Waals surface area (Å²) in [6, 6.07) is 7.58. The van der Waals surface area contributed by atoms with E-state index in [1.807, 2.05) is 36.1 Å². The Balaban J connectivity index is 1.86. The van der Waals surface area contributed by atoms with E-state index in [0.717, 1.165) is 24.3 Å². The van der Waals surface area contributed by atoms with Crippen LogP contribution in [0.5, 0.6) is 0 Å². The summed E-state index contributed by atoms with van der Waals surface area (Å²) in [6.07, 6.45) is 1.35. The molecular weight excluding hydrogens is 336 g/mol. The molecule has 2 heterocycles. The zero-order chi connectivity index (χ0) is 18.5. The summed E-state index contributed by atoms with van der Waals surface area (Å²) in [5, 5.41) is 23.8. The minimum Gasteiger partial charge on any atom is -0.395 e. The Morgan fingerprint density at radius 2 is 2.04 bits per heavy atom. The van der Waals surface area contributed by atoms with Crippen LogP contribution in [0, 0.1) is 17.0 Å². The maximum Gasteiger partial charge on any atom is 0.353 e. The predicted octanol–water partition coefficient (Wildman–Crippen LogP) is 1.55. The minimum atomic E-state index is -0.437. The number of piperazine rings is 1. The highest BCUT2D eigenvalue weighted by atomic mass is 16.6. The zero-order valence-corrected chi connectivity index (χ0v) is 14.6. The molecule has 0 aliphatic carbocycles. The van der Waals surface area contributed by atoms with Crippen LogP contribution in [-0.4, -0.2) is 64.2 Å². The number of aliphatic hydroxyl groups is 1. The highest BCUT2D eigenvalue weighted by Gasteiger charge is 2.29. The standard InChI is InChI=1S/C17H22N6O3/c1-13-3-2-4-14(11-13)20-16-15(23(25)26)17(19-12-18-16)22-7-5-21(6-8-22)9-10-24/h2-4,11-12,24H,5-10H2,1H3,(H,18,19,20). The number of anilines is 3. The third-order valence-electron chi connectivity index (χ3n) is 4.35. The number of benzene rings is 1. The molecule has 9 nitrogen and oxygen atoms in total. The van der Waals surface area contributed by atoms with Gasteiger partial charge in [0.15, 0.2) is 0 Å². The fraction of sp³-hybridized carbons (Fsp3) is 0.412. The van der Waals surface area contributed by atoms with Crippen LogP contribution >= 0.6 is 0 Å². The Morgan fingerprint density at radius 3 is 2.69 bits per heavy atom. The summed E-state index contributed by atoms with van der Waals surface area (Å²) >= 11 is 0. The normalized spacial score (nSPS) is 15.1. The fourth-order valence-corrected chi connectivity index (χ4v) is 3.04. The van der Waals surface area contributed by atoms with Gasteiger partial charge in [-0.3, -0.25) is 15.0 Å². The summed E-state index contributed by atoms with van der Waals surface area (Å²) in [4.78, 5) is 23.6. The Kier molecular flexibility index (Phi) is 5.59. The number of aromatic nitrogens is 2. The molecule has 1 fully saturated rings. The van der Waals surface area contributed by atoms with Crippen molar-refractivity contribution in [1.82, 2.24) is 14.9 Å². The average Bonchev–Trinajstić information content (AvgIpc) is 2.62. The van der Waals surface area contributed by atoms with Crippen LogP contribution in [0.15, 0.2) is 30.6 Å². The lowest BCUT2D eigenvalue weighted by Crippen LogP contribution is -2.47. The number of aliphatic hydroxyl groups excluding tert-OH is 1. The second-order valence-electron chi connectivity index (χ2n) is 6.20. The van der Waals surface area contributed by atoms with Gasteiger partial charge >= 0.3 is 5.69 Å². The number of hydrogen-bond acceptors (Lipinski definition) is 8. The molecule has 0 atom stereocenters. The molecule has 2 N–H and O–H groups in total. The summed E-state index contributed by atoms with van der Waals surface area (Å²) in [7, 11) is 0. The SMILES string of the molecule is Cc1cccc(Nc2ncnc(N3CCN(CCO)CC3)c2[N+](=O)[O-])c1. The van der Waals surface area contributed by atoms with Crippen LogP contribution in [0.2, 0.25) is 0 Å². The molecule has 138 valence electrons. The van der Waals surface area contributed by atoms with Crippen LogP contribution in [0.1, 0.15) is 5.56 Å². The monoisotopic (exact) mass is 358 g/mol. The molecule has 0 bridgehead atoms. The third kappa shape index (κ3) is 4.06. The van der Waals surface area contributed by atoms with Gasteiger partial charge in [-0.1, -0.05) is 12.1 Å². The molecule has 1 saturated heterocycles. The largest absolute Gasteiger partial charge is 0.395 e. The van der Waals surface area contributed by atoms with Crippen LogP contribution in [0.25, 0.3) is 0 Å². The van der Waals surface area contributed by atoms with E-state index in [4.69, 9.17) is 5.11 Å². The molecule has 1 aliphatic heterocycles. The van der Waals surface area contributed by atoms with Crippen molar-refractivity contribution in [3.05, 3.63) is 46.3 Å². The first kappa shape index (κ1) is 18.0. The van der Waals surface area contributed by atoms with E-state index in [0.29, 0.717) is 25.5 Å². The van der Waals surface area contributed by atoms with Gasteiger partial charge in [-0.25, -0.2) is 9.97 Å². The second-order valence-corrected chi connectivity index (χ2v) is 6.20. The molecule has 0 unspecified atom stereocenters. The third-order valence-corrected chi connectivity index (χ3v) is 4.35. The molecule has 0 radical (unpaired) electrons. The van der Waals surface area contributed by atoms with Crippen molar-refractivity contribution >= 4 is 23.0 Å². The first-order chi connectivity index (χ1) is 12.6. The minimum absolute atomic E-state index is 0.109. The molecule has 2 aromatic rings. The molecule has 9 heteroatoms. The zero-order valence-electron chi connectivity index (χ0n) is 14.6. The molecule has 1 aromatic heterocycles. The first-order valence-corrected chi connectivity index (χ1v) is 8.49. The molecular formula is C17H22N6O3. The van der Waals surface area contributed by atoms with Gasteiger partial charge in [-0.15, -0.1) is 0 Å². The van der Waals surface area contributed by atoms with Gasteiger partial charge in [0.2, 0.25) is 11.6 Å². The number of rotatable bonds is 6. The van der Waals surface area contributed by atoms with Crippen molar-refractivity contribution in [3.63, 3.8) is 0 Å². The predicted molar refractivity (Wildman–Crippen MR) is 98.9 cm³/mol. The van der Waals surface area contributed by atoms with Gasteiger partial charge in [0.25, 0.3) is 0 Å². The van der Waals surface area contributed by atoms with Gasteiger partial charge in [-0.05, 0) is 24.6 Å². The lowest BCUT2D eigenvalue weighted by atomic mass is 10.2. The Labute approximate surface area is 151 Å². The van der Waals surface area contributed by atoms with Crippen molar-refractivity contribution in [2.24, 2.45) is 0 Å². The van der Waals surface area contributed by atoms with Crippen molar-refractivity contribution in [2.75, 3.05) is 49.5 Å². The van der Waals surface area contributed by atoms with Gasteiger partial charge in [0, 0.05) is 38.4 Å². The van der Waals surface area contributed by atoms with Gasteiger partial charge in [-0.2, -0.15) is 0 Å². The topological polar surface area (TPSA) is 108 Å². The number of nitro groups is 1. The second kappa shape index (κ2) is 8.07. The van der Waals surface area contributed by atoms with E-state index < -0.39 is 4.92 Å². The van der Waals surface area contributed by atoms with E-state index in [1.54, 1.807) is 0 Å². The number of nitrogens with zero attached hydrogens (tertiary/aromatic N) is 5. The first-order valence-electron chi connectivity index (χ1n) is 8.49. The maximum atomic E-state index is 11.7. The molecule has 0 amide bonds. The molecule has 1 aliphatic rings. The molecule has 26 heavy (non-hydrogen) atoms. The van der Waals surface area contributed by atoms with E-state index in [-0.39, 0.29) is 18.1 Å². The van der Waals surface area contributed by atoms with Crippen molar-refractivity contribution < 1.29 is 10.0 Å². The van der Waals surface area contributed by atoms with Crippen molar-refractivity contribution in [3.8, 4) is 0 Å². The number of β-amino-alcohol motifs (C(OH)–C–C–N with tert-alkyl or cyclic N) is 1. The molecule has 3 rings (SSSR count). The number of hydrogen-bond donors (Lipinski definition) is 2. The molecule has 1 aromatic carbocycles. The molecule has 0 saturated carbocycles. The van der Waals surface area contributed by atoms with E-state index in [2.05, 4.69) is 20.2 Å². The smallest absolute Gasteiger partial charge is 0.353 e. The Morgan fingerprint density at radius 1 is 1.27 bits per heavy atom. The Bertz CT molecular complexity index is 777. The summed E-state index contributed by atoms with van der Waals surface area (Å²) in [6.45, 7) is 5.35. The quantitative estimate of drug-likeness (QED) is 0.591. The van der Waals surface area contributed by atoms with Crippen LogP contribution in [-0.2, 0) is 0 Å².